The van der Waals surface area contributed by atoms with Gasteiger partial charge in [0.05, 0.1) is 26.8 Å². The molecule has 1 aliphatic heterocycles. The number of benzene rings is 1. The van der Waals surface area contributed by atoms with E-state index >= 15 is 0 Å². The minimum absolute atomic E-state index is 0.238. The number of fused-ring (bicyclic) bond motifs is 1. The Labute approximate surface area is 191 Å². The Kier molecular flexibility index (Phi) is 6.79. The van der Waals surface area contributed by atoms with Crippen molar-refractivity contribution in [3.8, 4) is 5.75 Å². The number of esters is 1. The number of carbonyl (C=O) groups excluding carboxylic acids is 2. The predicted molar refractivity (Wildman–Crippen MR) is 118 cm³/mol. The van der Waals surface area contributed by atoms with Crippen molar-refractivity contribution in [2.24, 2.45) is 0 Å². The zero-order chi connectivity index (χ0) is 23.4. The highest BCUT2D eigenvalue weighted by Crippen LogP contribution is 2.26. The first-order valence-electron chi connectivity index (χ1n) is 10.8. The molecule has 1 aromatic carbocycles. The summed E-state index contributed by atoms with van der Waals surface area (Å²) in [4.78, 5) is 27.4. The van der Waals surface area contributed by atoms with Crippen molar-refractivity contribution in [3.05, 3.63) is 70.4 Å². The predicted octanol–water partition coefficient (Wildman–Crippen LogP) is 3.05. The second kappa shape index (κ2) is 9.91. The number of furan rings is 1. The molecule has 9 heteroatoms. The van der Waals surface area contributed by atoms with Gasteiger partial charge in [-0.2, -0.15) is 5.10 Å². The number of rotatable bonds is 8. The summed E-state index contributed by atoms with van der Waals surface area (Å²) >= 11 is 0. The minimum atomic E-state index is -0.493. The van der Waals surface area contributed by atoms with Crippen LogP contribution in [0.4, 0.5) is 0 Å². The molecule has 0 bridgehead atoms. The lowest BCUT2D eigenvalue weighted by Crippen LogP contribution is -2.36. The normalized spacial score (nSPS) is 13.0. The fourth-order valence-electron chi connectivity index (χ4n) is 3.97. The summed E-state index contributed by atoms with van der Waals surface area (Å²) in [6.07, 6.45) is 0.559. The molecule has 0 saturated heterocycles. The van der Waals surface area contributed by atoms with Crippen LogP contribution in [0, 0.1) is 0 Å². The van der Waals surface area contributed by atoms with E-state index < -0.39 is 5.97 Å². The quantitative estimate of drug-likeness (QED) is 0.484. The van der Waals surface area contributed by atoms with E-state index in [0.29, 0.717) is 37.4 Å². The molecule has 3 heterocycles. The Morgan fingerprint density at radius 1 is 1.18 bits per heavy atom. The fourth-order valence-corrected chi connectivity index (χ4v) is 3.97. The van der Waals surface area contributed by atoms with Gasteiger partial charge in [0.1, 0.15) is 18.1 Å². The standard InChI is InChI=1S/C24H27N3O6/c1-4-32-24(29)22-19-14-26(23(28)21-9-8-18(33-21)15-30-2)11-10-20(19)27(25-22)13-16-6-5-7-17(12-16)31-3/h5-9,12H,4,10-11,13-15H2,1-3H3. The average Bonchev–Trinajstić information content (AvgIpc) is 3.44. The number of hydrogen-bond acceptors (Lipinski definition) is 7. The number of methoxy groups -OCH3 is 2. The first-order valence-corrected chi connectivity index (χ1v) is 10.8. The molecule has 2 aromatic heterocycles. The molecule has 1 amide bonds. The molecule has 4 rings (SSSR count). The number of carbonyl (C=O) groups is 2. The van der Waals surface area contributed by atoms with Gasteiger partial charge in [-0.05, 0) is 36.8 Å². The van der Waals surface area contributed by atoms with Gasteiger partial charge in [-0.15, -0.1) is 0 Å². The first kappa shape index (κ1) is 22.6. The van der Waals surface area contributed by atoms with Gasteiger partial charge in [-0.3, -0.25) is 9.48 Å². The molecule has 0 fully saturated rings. The third-order valence-electron chi connectivity index (χ3n) is 5.52. The van der Waals surface area contributed by atoms with E-state index in [4.69, 9.17) is 18.6 Å². The summed E-state index contributed by atoms with van der Waals surface area (Å²) in [5.41, 5.74) is 2.87. The number of aromatic nitrogens is 2. The van der Waals surface area contributed by atoms with E-state index in [0.717, 1.165) is 17.0 Å². The minimum Gasteiger partial charge on any atom is -0.497 e. The highest BCUT2D eigenvalue weighted by atomic mass is 16.5. The van der Waals surface area contributed by atoms with Crippen LogP contribution in [0.1, 0.15) is 50.5 Å². The molecule has 33 heavy (non-hydrogen) atoms. The van der Waals surface area contributed by atoms with Gasteiger partial charge in [0.15, 0.2) is 11.5 Å². The van der Waals surface area contributed by atoms with E-state index in [-0.39, 0.29) is 30.5 Å². The summed E-state index contributed by atoms with van der Waals surface area (Å²) in [5, 5.41) is 4.58. The van der Waals surface area contributed by atoms with E-state index in [1.54, 1.807) is 38.2 Å². The molecule has 174 valence electrons. The maximum Gasteiger partial charge on any atom is 0.359 e. The van der Waals surface area contributed by atoms with Crippen LogP contribution in [-0.2, 0) is 35.6 Å². The molecular weight excluding hydrogens is 426 g/mol. The van der Waals surface area contributed by atoms with Crippen molar-refractivity contribution in [2.75, 3.05) is 27.4 Å². The lowest BCUT2D eigenvalue weighted by molar-refractivity contribution is 0.0512. The summed E-state index contributed by atoms with van der Waals surface area (Å²) in [6.45, 7) is 3.50. The molecule has 0 spiro atoms. The molecule has 9 nitrogen and oxygen atoms in total. The van der Waals surface area contributed by atoms with Crippen LogP contribution in [0.25, 0.3) is 0 Å². The summed E-state index contributed by atoms with van der Waals surface area (Å²) < 4.78 is 23.0. The van der Waals surface area contributed by atoms with Crippen LogP contribution in [-0.4, -0.2) is 53.9 Å². The largest absolute Gasteiger partial charge is 0.497 e. The van der Waals surface area contributed by atoms with Crippen LogP contribution in [0.5, 0.6) is 5.75 Å². The van der Waals surface area contributed by atoms with Gasteiger partial charge >= 0.3 is 5.97 Å². The molecular formula is C24H27N3O6. The summed E-state index contributed by atoms with van der Waals surface area (Å²) in [5.74, 6) is 0.845. The second-order valence-corrected chi connectivity index (χ2v) is 7.68. The third-order valence-corrected chi connectivity index (χ3v) is 5.52. The van der Waals surface area contributed by atoms with Crippen LogP contribution in [0.3, 0.4) is 0 Å². The van der Waals surface area contributed by atoms with Crippen LogP contribution >= 0.6 is 0 Å². The van der Waals surface area contributed by atoms with Gasteiger partial charge < -0.3 is 23.5 Å². The highest BCUT2D eigenvalue weighted by Gasteiger charge is 2.32. The van der Waals surface area contributed by atoms with Gasteiger partial charge in [0.25, 0.3) is 5.91 Å². The Morgan fingerprint density at radius 2 is 2.03 bits per heavy atom. The number of ether oxygens (including phenoxy) is 3. The molecule has 0 N–H and O–H groups in total. The van der Waals surface area contributed by atoms with Crippen LogP contribution < -0.4 is 4.74 Å². The molecule has 1 aliphatic rings. The first-order chi connectivity index (χ1) is 16.0. The smallest absolute Gasteiger partial charge is 0.359 e. The van der Waals surface area contributed by atoms with Gasteiger partial charge in [0.2, 0.25) is 0 Å². The Morgan fingerprint density at radius 3 is 2.79 bits per heavy atom. The summed E-state index contributed by atoms with van der Waals surface area (Å²) in [6, 6.07) is 11.1. The van der Waals surface area contributed by atoms with Gasteiger partial charge in [0, 0.05) is 31.3 Å². The van der Waals surface area contributed by atoms with Crippen molar-refractivity contribution >= 4 is 11.9 Å². The SMILES string of the molecule is CCOC(=O)c1nn(Cc2cccc(OC)c2)c2c1CN(C(=O)c1ccc(COC)o1)CC2. The lowest BCUT2D eigenvalue weighted by atomic mass is 10.0. The Bertz CT molecular complexity index is 1150. The molecule has 0 atom stereocenters. The highest BCUT2D eigenvalue weighted by molar-refractivity contribution is 5.93. The third kappa shape index (κ3) is 4.78. The molecule has 0 aliphatic carbocycles. The summed E-state index contributed by atoms with van der Waals surface area (Å²) in [7, 11) is 3.19. The second-order valence-electron chi connectivity index (χ2n) is 7.68. The molecule has 0 unspecified atom stereocenters. The molecule has 0 saturated carbocycles. The Hall–Kier alpha value is -3.59. The fraction of sp³-hybridized carbons (Fsp3) is 0.375. The zero-order valence-corrected chi connectivity index (χ0v) is 19.0. The molecule has 0 radical (unpaired) electrons. The van der Waals surface area contributed by atoms with E-state index in [2.05, 4.69) is 5.10 Å². The van der Waals surface area contributed by atoms with E-state index in [9.17, 15) is 9.59 Å². The van der Waals surface area contributed by atoms with Crippen molar-refractivity contribution in [1.82, 2.24) is 14.7 Å². The van der Waals surface area contributed by atoms with Crippen molar-refractivity contribution in [2.45, 2.75) is 33.0 Å². The number of hydrogen-bond donors (Lipinski definition) is 0. The monoisotopic (exact) mass is 453 g/mol. The van der Waals surface area contributed by atoms with Gasteiger partial charge in [-0.25, -0.2) is 4.79 Å². The lowest BCUT2D eigenvalue weighted by Gasteiger charge is -2.27. The van der Waals surface area contributed by atoms with Crippen molar-refractivity contribution in [3.63, 3.8) is 0 Å². The topological polar surface area (TPSA) is 96.0 Å². The maximum atomic E-state index is 13.0. The average molecular weight is 453 g/mol. The number of amides is 1. The zero-order valence-electron chi connectivity index (χ0n) is 19.0. The molecule has 3 aromatic rings. The van der Waals surface area contributed by atoms with Crippen molar-refractivity contribution in [1.29, 1.82) is 0 Å². The Balaban J connectivity index is 1.62. The van der Waals surface area contributed by atoms with Crippen molar-refractivity contribution < 1.29 is 28.2 Å². The maximum absolute atomic E-state index is 13.0. The van der Waals surface area contributed by atoms with Gasteiger partial charge in [-0.1, -0.05) is 12.1 Å². The van der Waals surface area contributed by atoms with E-state index in [1.807, 2.05) is 28.9 Å². The van der Waals surface area contributed by atoms with E-state index in [1.165, 1.54) is 0 Å². The number of nitrogens with zero attached hydrogens (tertiary/aromatic N) is 3. The van der Waals surface area contributed by atoms with Crippen LogP contribution in [0.2, 0.25) is 0 Å². The van der Waals surface area contributed by atoms with Crippen LogP contribution in [0.15, 0.2) is 40.8 Å².